The van der Waals surface area contributed by atoms with Crippen LogP contribution in [0.2, 0.25) is 0 Å². The average molecular weight is 604 g/mol. The first-order chi connectivity index (χ1) is 18.2. The number of carbonyl (C=O) groups is 1. The number of thioether (sulfide) groups is 1. The van der Waals surface area contributed by atoms with Gasteiger partial charge in [0.15, 0.2) is 0 Å². The van der Waals surface area contributed by atoms with Crippen molar-refractivity contribution in [3.05, 3.63) is 71.3 Å². The lowest BCUT2D eigenvalue weighted by atomic mass is 10.1. The second kappa shape index (κ2) is 20.0. The lowest BCUT2D eigenvalue weighted by molar-refractivity contribution is -0.115. The number of anilines is 1. The van der Waals surface area contributed by atoms with Crippen LogP contribution < -0.4 is 10.1 Å². The number of ether oxygens (including phenoxy) is 1. The van der Waals surface area contributed by atoms with Crippen molar-refractivity contribution in [2.75, 3.05) is 17.8 Å². The highest BCUT2D eigenvalue weighted by Crippen LogP contribution is 2.19. The van der Waals surface area contributed by atoms with Gasteiger partial charge in [-0.3, -0.25) is 4.79 Å². The molecule has 0 saturated carbocycles. The van der Waals surface area contributed by atoms with Gasteiger partial charge < -0.3 is 15.0 Å². The van der Waals surface area contributed by atoms with E-state index in [0.29, 0.717) is 6.42 Å². The lowest BCUT2D eigenvalue weighted by Gasteiger charge is -2.14. The van der Waals surface area contributed by atoms with Crippen molar-refractivity contribution >= 4 is 40.3 Å². The first-order valence-electron chi connectivity index (χ1n) is 14.4. The topological polar surface area (TPSA) is 41.6 Å². The molecule has 0 aromatic heterocycles. The van der Waals surface area contributed by atoms with Gasteiger partial charge in [0.05, 0.1) is 18.9 Å². The Labute approximate surface area is 245 Å². The zero-order chi connectivity index (χ0) is 26.0. The lowest BCUT2D eigenvalue weighted by Crippen LogP contribution is -2.15. The van der Waals surface area contributed by atoms with E-state index in [2.05, 4.69) is 40.9 Å². The van der Waals surface area contributed by atoms with Crippen LogP contribution in [-0.4, -0.2) is 23.3 Å². The molecule has 1 amide bonds. The number of hydrogen-bond donors (Lipinski definition) is 1. The largest absolute Gasteiger partial charge is 0.494 e. The third kappa shape index (κ3) is 13.7. The van der Waals surface area contributed by atoms with Crippen molar-refractivity contribution in [3.63, 3.8) is 0 Å². The first kappa shape index (κ1) is 32.3. The zero-order valence-electron chi connectivity index (χ0n) is 23.2. The summed E-state index contributed by atoms with van der Waals surface area (Å²) in [5.41, 5.74) is 3.07. The Hall–Kier alpha value is -1.92. The molecular weight excluding hydrogens is 556 g/mol. The van der Waals surface area contributed by atoms with Crippen LogP contribution in [0.1, 0.15) is 95.1 Å². The summed E-state index contributed by atoms with van der Waals surface area (Å²) in [6.45, 7) is 3.94. The van der Waals surface area contributed by atoms with Crippen LogP contribution in [0.4, 0.5) is 5.69 Å². The summed E-state index contributed by atoms with van der Waals surface area (Å²) in [4.78, 5) is 14.7. The highest BCUT2D eigenvalue weighted by molar-refractivity contribution is 8.93. The van der Waals surface area contributed by atoms with Crippen LogP contribution in [0.3, 0.4) is 0 Å². The Morgan fingerprint density at radius 2 is 1.39 bits per heavy atom. The molecule has 0 radical (unpaired) electrons. The summed E-state index contributed by atoms with van der Waals surface area (Å²) in [7, 11) is 0. The SMILES string of the molecule is Br.CCCCCCCCCCCCCCOc1ccc(CC(=O)Nc2ccc(CN3C=CSC3)cc2)cc1. The minimum atomic E-state index is -0.00297. The number of hydrogen-bond acceptors (Lipinski definition) is 4. The standard InChI is InChI=1S/C32H46N2O2S.BrH/c1-2-3-4-5-6-7-8-9-10-11-12-13-23-36-31-20-16-28(17-21-31)25-32(35)33-30-18-14-29(15-19-30)26-34-22-24-37-27-34;/h14-22,24H,2-13,23,25-27H2,1H3,(H,33,35);1H. The van der Waals surface area contributed by atoms with Gasteiger partial charge >= 0.3 is 0 Å². The second-order valence-corrected chi connectivity index (χ2v) is 11.0. The van der Waals surface area contributed by atoms with Gasteiger partial charge in [-0.2, -0.15) is 0 Å². The molecule has 1 aliphatic rings. The molecule has 1 heterocycles. The van der Waals surface area contributed by atoms with Crippen LogP contribution in [0.5, 0.6) is 5.75 Å². The van der Waals surface area contributed by atoms with Gasteiger partial charge in [0.2, 0.25) is 5.91 Å². The maximum atomic E-state index is 12.5. The Morgan fingerprint density at radius 3 is 1.97 bits per heavy atom. The number of amides is 1. The third-order valence-corrected chi connectivity index (χ3v) is 7.58. The normalized spacial score (nSPS) is 12.4. The van der Waals surface area contributed by atoms with Crippen molar-refractivity contribution in [3.8, 4) is 5.75 Å². The predicted octanol–water partition coefficient (Wildman–Crippen LogP) is 9.50. The van der Waals surface area contributed by atoms with Crippen molar-refractivity contribution in [2.24, 2.45) is 0 Å². The molecule has 4 nitrogen and oxygen atoms in total. The molecule has 0 saturated heterocycles. The molecular formula is C32H47BrN2O2S. The molecule has 210 valence electrons. The summed E-state index contributed by atoms with van der Waals surface area (Å²) in [5.74, 6) is 1.88. The van der Waals surface area contributed by atoms with E-state index in [4.69, 9.17) is 4.74 Å². The molecule has 1 N–H and O–H groups in total. The van der Waals surface area contributed by atoms with Crippen LogP contribution in [0.15, 0.2) is 60.1 Å². The average Bonchev–Trinajstić information content (AvgIpc) is 3.42. The Kier molecular flexibility index (Phi) is 17.0. The smallest absolute Gasteiger partial charge is 0.228 e. The quantitative estimate of drug-likeness (QED) is 0.162. The van der Waals surface area contributed by atoms with E-state index in [1.807, 2.05) is 36.4 Å². The van der Waals surface area contributed by atoms with E-state index in [9.17, 15) is 4.79 Å². The molecule has 0 fully saturated rings. The highest BCUT2D eigenvalue weighted by atomic mass is 79.9. The number of carbonyl (C=O) groups excluding carboxylic acids is 1. The van der Waals surface area contributed by atoms with Gasteiger partial charge in [-0.05, 0) is 47.2 Å². The fourth-order valence-corrected chi connectivity index (χ4v) is 5.28. The van der Waals surface area contributed by atoms with Gasteiger partial charge in [-0.1, -0.05) is 102 Å². The minimum Gasteiger partial charge on any atom is -0.494 e. The molecule has 3 rings (SSSR count). The molecule has 0 unspecified atom stereocenters. The van der Waals surface area contributed by atoms with E-state index in [1.54, 1.807) is 11.8 Å². The number of rotatable bonds is 19. The summed E-state index contributed by atoms with van der Waals surface area (Å²) >= 11 is 1.81. The number of halogens is 1. The summed E-state index contributed by atoms with van der Waals surface area (Å²) in [6, 6.07) is 16.0. The molecule has 0 atom stereocenters. The van der Waals surface area contributed by atoms with Gasteiger partial charge in [-0.15, -0.1) is 28.7 Å². The molecule has 0 aliphatic carbocycles. The van der Waals surface area contributed by atoms with Crippen molar-refractivity contribution in [1.82, 2.24) is 4.90 Å². The molecule has 2 aromatic carbocycles. The minimum absolute atomic E-state index is 0. The van der Waals surface area contributed by atoms with Gasteiger partial charge in [0.25, 0.3) is 0 Å². The van der Waals surface area contributed by atoms with Crippen LogP contribution in [0.25, 0.3) is 0 Å². The highest BCUT2D eigenvalue weighted by Gasteiger charge is 2.07. The third-order valence-electron chi connectivity index (χ3n) is 6.79. The first-order valence-corrected chi connectivity index (χ1v) is 15.4. The Bertz CT molecular complexity index is 918. The number of nitrogens with zero attached hydrogens (tertiary/aromatic N) is 1. The van der Waals surface area contributed by atoms with Crippen molar-refractivity contribution in [1.29, 1.82) is 0 Å². The second-order valence-electron chi connectivity index (χ2n) is 10.1. The van der Waals surface area contributed by atoms with E-state index < -0.39 is 0 Å². The zero-order valence-corrected chi connectivity index (χ0v) is 25.7. The monoisotopic (exact) mass is 602 g/mol. The van der Waals surface area contributed by atoms with E-state index in [1.165, 1.54) is 76.2 Å². The van der Waals surface area contributed by atoms with E-state index in [0.717, 1.165) is 42.4 Å². The Morgan fingerprint density at radius 1 is 0.816 bits per heavy atom. The number of nitrogens with one attached hydrogen (secondary N) is 1. The number of unbranched alkanes of at least 4 members (excludes halogenated alkanes) is 11. The van der Waals surface area contributed by atoms with E-state index in [-0.39, 0.29) is 22.9 Å². The molecule has 38 heavy (non-hydrogen) atoms. The fraction of sp³-hybridized carbons (Fsp3) is 0.531. The van der Waals surface area contributed by atoms with Crippen LogP contribution >= 0.6 is 28.7 Å². The van der Waals surface area contributed by atoms with Gasteiger partial charge in [0.1, 0.15) is 5.75 Å². The van der Waals surface area contributed by atoms with Crippen molar-refractivity contribution < 1.29 is 9.53 Å². The predicted molar refractivity (Wildman–Crippen MR) is 169 cm³/mol. The summed E-state index contributed by atoms with van der Waals surface area (Å²) in [6.07, 6.45) is 18.7. The number of benzene rings is 2. The Balaban J connectivity index is 0.00000507. The fourth-order valence-electron chi connectivity index (χ4n) is 4.56. The molecule has 6 heteroatoms. The molecule has 0 spiro atoms. The summed E-state index contributed by atoms with van der Waals surface area (Å²) < 4.78 is 5.90. The molecule has 1 aliphatic heterocycles. The van der Waals surface area contributed by atoms with E-state index >= 15 is 0 Å². The molecule has 0 bridgehead atoms. The summed E-state index contributed by atoms with van der Waals surface area (Å²) in [5, 5.41) is 5.12. The van der Waals surface area contributed by atoms with Crippen LogP contribution in [-0.2, 0) is 17.8 Å². The van der Waals surface area contributed by atoms with Crippen molar-refractivity contribution in [2.45, 2.75) is 96.9 Å². The molecule has 2 aromatic rings. The van der Waals surface area contributed by atoms with Crippen LogP contribution in [0, 0.1) is 0 Å². The van der Waals surface area contributed by atoms with Gasteiger partial charge in [0, 0.05) is 18.4 Å². The van der Waals surface area contributed by atoms with Gasteiger partial charge in [-0.25, -0.2) is 0 Å². The maximum Gasteiger partial charge on any atom is 0.228 e. The maximum absolute atomic E-state index is 12.5.